The lowest BCUT2D eigenvalue weighted by molar-refractivity contribution is 0.0981. The quantitative estimate of drug-likeness (QED) is 0.329. The molecule has 0 spiro atoms. The predicted octanol–water partition coefficient (Wildman–Crippen LogP) is 4.81. The summed E-state index contributed by atoms with van der Waals surface area (Å²) in [4.78, 5) is 20.8. The van der Waals surface area contributed by atoms with E-state index >= 15 is 0 Å². The Labute approximate surface area is 171 Å². The van der Waals surface area contributed by atoms with Gasteiger partial charge < -0.3 is 10.3 Å². The second-order valence-electron chi connectivity index (χ2n) is 6.40. The molecule has 29 heavy (non-hydrogen) atoms. The summed E-state index contributed by atoms with van der Waals surface area (Å²) >= 11 is 1.36. The van der Waals surface area contributed by atoms with Crippen LogP contribution in [0.15, 0.2) is 77.2 Å². The SMILES string of the molecule is O=C(NC(=NCCc1c[nH]c2ccccc12)Nc1ccc(F)cc1)c1cccs1. The lowest BCUT2D eigenvalue weighted by Crippen LogP contribution is -2.36. The molecule has 0 atom stereocenters. The molecule has 0 aliphatic heterocycles. The van der Waals surface area contributed by atoms with Crippen molar-refractivity contribution in [1.82, 2.24) is 10.3 Å². The van der Waals surface area contributed by atoms with E-state index < -0.39 is 0 Å². The van der Waals surface area contributed by atoms with Crippen molar-refractivity contribution in [2.75, 3.05) is 11.9 Å². The number of aromatic nitrogens is 1. The number of anilines is 1. The minimum atomic E-state index is -0.323. The molecule has 0 unspecified atom stereocenters. The van der Waals surface area contributed by atoms with Crippen LogP contribution in [0, 0.1) is 5.82 Å². The highest BCUT2D eigenvalue weighted by molar-refractivity contribution is 7.12. The van der Waals surface area contributed by atoms with E-state index in [0.717, 1.165) is 11.1 Å². The average molecular weight is 406 g/mol. The van der Waals surface area contributed by atoms with E-state index in [9.17, 15) is 9.18 Å². The highest BCUT2D eigenvalue weighted by Gasteiger charge is 2.10. The van der Waals surface area contributed by atoms with Gasteiger partial charge in [-0.05, 0) is 53.8 Å². The van der Waals surface area contributed by atoms with Crippen LogP contribution in [-0.4, -0.2) is 23.4 Å². The smallest absolute Gasteiger partial charge is 0.268 e. The number of nitrogens with zero attached hydrogens (tertiary/aromatic N) is 1. The van der Waals surface area contributed by atoms with Crippen LogP contribution >= 0.6 is 11.3 Å². The van der Waals surface area contributed by atoms with Crippen LogP contribution in [0.5, 0.6) is 0 Å². The Balaban J connectivity index is 1.50. The standard InChI is InChI=1S/C22H19FN4OS/c23-16-7-9-17(10-8-16)26-22(27-21(28)20-6-3-13-29-20)24-12-11-15-14-25-19-5-2-1-4-18(15)19/h1-10,13-14,25H,11-12H2,(H2,24,26,27,28). The molecule has 0 saturated heterocycles. The minimum absolute atomic E-state index is 0.236. The number of H-pyrrole nitrogens is 1. The van der Waals surface area contributed by atoms with Crippen molar-refractivity contribution in [3.63, 3.8) is 0 Å². The van der Waals surface area contributed by atoms with Crippen LogP contribution in [0.2, 0.25) is 0 Å². The average Bonchev–Trinajstić information content (AvgIpc) is 3.40. The van der Waals surface area contributed by atoms with Crippen molar-refractivity contribution in [2.24, 2.45) is 4.99 Å². The van der Waals surface area contributed by atoms with Gasteiger partial charge in [0.2, 0.25) is 5.96 Å². The van der Waals surface area contributed by atoms with Crippen molar-refractivity contribution in [3.05, 3.63) is 88.5 Å². The van der Waals surface area contributed by atoms with Gasteiger partial charge in [-0.1, -0.05) is 24.3 Å². The molecular weight excluding hydrogens is 387 g/mol. The van der Waals surface area contributed by atoms with Crippen LogP contribution < -0.4 is 10.6 Å². The lowest BCUT2D eigenvalue weighted by atomic mass is 10.1. The maximum atomic E-state index is 13.2. The van der Waals surface area contributed by atoms with E-state index in [1.807, 2.05) is 35.8 Å². The molecule has 4 aromatic rings. The Morgan fingerprint density at radius 1 is 1.07 bits per heavy atom. The lowest BCUT2D eigenvalue weighted by Gasteiger charge is -2.11. The number of halogens is 1. The fourth-order valence-corrected chi connectivity index (χ4v) is 3.60. The van der Waals surface area contributed by atoms with Crippen molar-refractivity contribution >= 4 is 39.8 Å². The normalized spacial score (nSPS) is 11.6. The Morgan fingerprint density at radius 3 is 2.69 bits per heavy atom. The monoisotopic (exact) mass is 406 g/mol. The first-order valence-electron chi connectivity index (χ1n) is 9.16. The summed E-state index contributed by atoms with van der Waals surface area (Å²) in [5.74, 6) is -0.230. The summed E-state index contributed by atoms with van der Waals surface area (Å²) in [5, 5.41) is 8.88. The molecule has 0 fully saturated rings. The molecule has 7 heteroatoms. The first-order valence-corrected chi connectivity index (χ1v) is 10.0. The maximum absolute atomic E-state index is 13.2. The highest BCUT2D eigenvalue weighted by atomic mass is 32.1. The van der Waals surface area contributed by atoms with Gasteiger partial charge in [0, 0.05) is 29.3 Å². The van der Waals surface area contributed by atoms with Crippen molar-refractivity contribution in [2.45, 2.75) is 6.42 Å². The molecule has 2 aromatic heterocycles. The van der Waals surface area contributed by atoms with Gasteiger partial charge in [0.15, 0.2) is 0 Å². The summed E-state index contributed by atoms with van der Waals surface area (Å²) < 4.78 is 13.2. The zero-order valence-electron chi connectivity index (χ0n) is 15.5. The van der Waals surface area contributed by atoms with E-state index in [-0.39, 0.29) is 11.7 Å². The van der Waals surface area contributed by atoms with Gasteiger partial charge >= 0.3 is 0 Å². The van der Waals surface area contributed by atoms with E-state index in [4.69, 9.17) is 0 Å². The molecule has 146 valence electrons. The van der Waals surface area contributed by atoms with Gasteiger partial charge in [0.25, 0.3) is 5.91 Å². The molecule has 1 amide bonds. The molecule has 0 bridgehead atoms. The van der Waals surface area contributed by atoms with Crippen molar-refractivity contribution in [1.29, 1.82) is 0 Å². The Morgan fingerprint density at radius 2 is 1.90 bits per heavy atom. The number of nitrogens with one attached hydrogen (secondary N) is 3. The molecule has 2 heterocycles. The summed E-state index contributed by atoms with van der Waals surface area (Å²) in [6.45, 7) is 0.482. The molecule has 0 saturated carbocycles. The predicted molar refractivity (Wildman–Crippen MR) is 116 cm³/mol. The van der Waals surface area contributed by atoms with Gasteiger partial charge in [0.05, 0.1) is 4.88 Å². The molecule has 0 aliphatic rings. The Kier molecular flexibility index (Phi) is 5.67. The zero-order valence-corrected chi connectivity index (χ0v) is 16.3. The molecule has 5 nitrogen and oxygen atoms in total. The fraction of sp³-hybridized carbons (Fsp3) is 0.0909. The summed E-state index contributed by atoms with van der Waals surface area (Å²) in [7, 11) is 0. The number of aliphatic imine (C=N–C) groups is 1. The number of thiophene rings is 1. The van der Waals surface area contributed by atoms with Crippen LogP contribution in [-0.2, 0) is 6.42 Å². The molecular formula is C22H19FN4OS. The largest absolute Gasteiger partial charge is 0.361 e. The van der Waals surface area contributed by atoms with Gasteiger partial charge in [-0.2, -0.15) is 0 Å². The second kappa shape index (κ2) is 8.70. The topological polar surface area (TPSA) is 69.3 Å². The third kappa shape index (κ3) is 4.70. The van der Waals surface area contributed by atoms with Gasteiger partial charge in [0.1, 0.15) is 5.82 Å². The number of hydrogen-bond donors (Lipinski definition) is 3. The third-order valence-electron chi connectivity index (χ3n) is 4.41. The van der Waals surface area contributed by atoms with E-state index in [1.165, 1.54) is 28.9 Å². The number of benzene rings is 2. The maximum Gasteiger partial charge on any atom is 0.268 e. The highest BCUT2D eigenvalue weighted by Crippen LogP contribution is 2.18. The molecule has 0 radical (unpaired) electrons. The number of para-hydroxylation sites is 1. The Bertz CT molecular complexity index is 1130. The number of hydrogen-bond acceptors (Lipinski definition) is 3. The number of guanidine groups is 1. The molecule has 4 rings (SSSR count). The molecule has 2 aromatic carbocycles. The van der Waals surface area contributed by atoms with Crippen molar-refractivity contribution < 1.29 is 9.18 Å². The number of carbonyl (C=O) groups is 1. The number of rotatable bonds is 5. The van der Waals surface area contributed by atoms with E-state index in [2.05, 4.69) is 26.7 Å². The fourth-order valence-electron chi connectivity index (χ4n) is 2.98. The number of carbonyl (C=O) groups excluding carboxylic acids is 1. The first-order chi connectivity index (χ1) is 14.2. The zero-order chi connectivity index (χ0) is 20.1. The van der Waals surface area contributed by atoms with Gasteiger partial charge in [-0.15, -0.1) is 11.3 Å². The Hall–Kier alpha value is -3.45. The van der Waals surface area contributed by atoms with Crippen LogP contribution in [0.3, 0.4) is 0 Å². The van der Waals surface area contributed by atoms with Crippen LogP contribution in [0.25, 0.3) is 10.9 Å². The minimum Gasteiger partial charge on any atom is -0.361 e. The van der Waals surface area contributed by atoms with Crippen molar-refractivity contribution in [3.8, 4) is 0 Å². The number of aromatic amines is 1. The number of fused-ring (bicyclic) bond motifs is 1. The first kappa shape index (κ1) is 18.9. The molecule has 0 aliphatic carbocycles. The number of amides is 1. The summed E-state index contributed by atoms with van der Waals surface area (Å²) in [6.07, 6.45) is 2.70. The second-order valence-corrected chi connectivity index (χ2v) is 7.35. The van der Waals surface area contributed by atoms with E-state index in [0.29, 0.717) is 29.5 Å². The van der Waals surface area contributed by atoms with Gasteiger partial charge in [-0.25, -0.2) is 4.39 Å². The van der Waals surface area contributed by atoms with Crippen LogP contribution in [0.1, 0.15) is 15.2 Å². The summed E-state index contributed by atoms with van der Waals surface area (Å²) in [6, 6.07) is 17.6. The van der Waals surface area contributed by atoms with Gasteiger partial charge in [-0.3, -0.25) is 15.1 Å². The molecule has 3 N–H and O–H groups in total. The van der Waals surface area contributed by atoms with E-state index in [1.54, 1.807) is 18.2 Å². The third-order valence-corrected chi connectivity index (χ3v) is 5.28. The summed E-state index contributed by atoms with van der Waals surface area (Å²) in [5.41, 5.74) is 2.89. The van der Waals surface area contributed by atoms with Crippen LogP contribution in [0.4, 0.5) is 10.1 Å².